The van der Waals surface area contributed by atoms with Crippen LogP contribution in [0.15, 0.2) is 24.5 Å². The molecule has 0 spiro atoms. The van der Waals surface area contributed by atoms with Crippen LogP contribution in [0.2, 0.25) is 0 Å². The highest BCUT2D eigenvalue weighted by molar-refractivity contribution is 6.17. The molecule has 0 saturated heterocycles. The summed E-state index contributed by atoms with van der Waals surface area (Å²) in [7, 11) is 0. The lowest BCUT2D eigenvalue weighted by atomic mass is 10.2. The fourth-order valence-corrected chi connectivity index (χ4v) is 2.32. The summed E-state index contributed by atoms with van der Waals surface area (Å²) in [4.78, 5) is 4.01. The van der Waals surface area contributed by atoms with Crippen molar-refractivity contribution < 1.29 is 0 Å². The van der Waals surface area contributed by atoms with Gasteiger partial charge in [-0.25, -0.2) is 0 Å². The van der Waals surface area contributed by atoms with Crippen molar-refractivity contribution in [3.8, 4) is 0 Å². The van der Waals surface area contributed by atoms with Gasteiger partial charge in [0.25, 0.3) is 0 Å². The van der Waals surface area contributed by atoms with Crippen LogP contribution in [0, 0.1) is 13.8 Å². The van der Waals surface area contributed by atoms with Gasteiger partial charge in [-0.3, -0.25) is 9.67 Å². The zero-order chi connectivity index (χ0) is 12.3. The summed E-state index contributed by atoms with van der Waals surface area (Å²) < 4.78 is 2.04. The Morgan fingerprint density at radius 1 is 1.24 bits per heavy atom. The Hall–Kier alpha value is -1.35. The zero-order valence-electron chi connectivity index (χ0n) is 10.2. The third-order valence-electron chi connectivity index (χ3n) is 3.03. The summed E-state index contributed by atoms with van der Waals surface area (Å²) >= 11 is 5.91. The van der Waals surface area contributed by atoms with Crippen molar-refractivity contribution in [3.05, 3.63) is 47.0 Å². The first-order valence-corrected chi connectivity index (χ1v) is 6.23. The topological polar surface area (TPSA) is 30.7 Å². The Morgan fingerprint density at radius 2 is 1.94 bits per heavy atom. The van der Waals surface area contributed by atoms with E-state index in [1.807, 2.05) is 36.1 Å². The van der Waals surface area contributed by atoms with E-state index in [0.29, 0.717) is 5.88 Å². The zero-order valence-corrected chi connectivity index (χ0v) is 10.9. The third-order valence-corrected chi connectivity index (χ3v) is 3.29. The molecule has 0 unspecified atom stereocenters. The number of nitrogens with zero attached hydrogens (tertiary/aromatic N) is 3. The van der Waals surface area contributed by atoms with Gasteiger partial charge in [0.1, 0.15) is 0 Å². The van der Waals surface area contributed by atoms with Gasteiger partial charge in [-0.05, 0) is 38.0 Å². The first-order valence-electron chi connectivity index (χ1n) is 5.70. The molecule has 0 fully saturated rings. The number of pyridine rings is 1. The molecule has 4 heteroatoms. The van der Waals surface area contributed by atoms with Crippen LogP contribution in [0.25, 0.3) is 0 Å². The van der Waals surface area contributed by atoms with E-state index < -0.39 is 0 Å². The average molecular weight is 250 g/mol. The first-order chi connectivity index (χ1) is 8.22. The van der Waals surface area contributed by atoms with Crippen molar-refractivity contribution in [1.82, 2.24) is 14.8 Å². The van der Waals surface area contributed by atoms with E-state index in [4.69, 9.17) is 11.6 Å². The summed E-state index contributed by atoms with van der Waals surface area (Å²) in [6.45, 7) is 4.96. The largest absolute Gasteiger partial charge is 0.269 e. The minimum Gasteiger partial charge on any atom is -0.269 e. The molecule has 0 atom stereocenters. The van der Waals surface area contributed by atoms with Crippen LogP contribution >= 0.6 is 11.6 Å². The Labute approximate surface area is 106 Å². The van der Waals surface area contributed by atoms with Crippen LogP contribution < -0.4 is 0 Å². The highest BCUT2D eigenvalue weighted by Crippen LogP contribution is 2.15. The van der Waals surface area contributed by atoms with E-state index in [1.54, 1.807) is 0 Å². The highest BCUT2D eigenvalue weighted by atomic mass is 35.5. The van der Waals surface area contributed by atoms with Crippen LogP contribution in [-0.2, 0) is 18.8 Å². The molecule has 90 valence electrons. The molecular formula is C13H16ClN3. The molecule has 0 aromatic carbocycles. The number of alkyl halides is 1. The van der Waals surface area contributed by atoms with Crippen molar-refractivity contribution in [3.63, 3.8) is 0 Å². The molecule has 0 aliphatic carbocycles. The maximum Gasteiger partial charge on any atom is 0.0640 e. The van der Waals surface area contributed by atoms with Gasteiger partial charge in [-0.15, -0.1) is 11.6 Å². The Kier molecular flexibility index (Phi) is 3.79. The van der Waals surface area contributed by atoms with Gasteiger partial charge in [-0.1, -0.05) is 0 Å². The fraction of sp³-hybridized carbons (Fsp3) is 0.385. The second-order valence-electron chi connectivity index (χ2n) is 4.11. The minimum atomic E-state index is 0.535. The molecule has 0 aliphatic rings. The highest BCUT2D eigenvalue weighted by Gasteiger charge is 2.09. The van der Waals surface area contributed by atoms with E-state index in [0.717, 1.165) is 24.2 Å². The SMILES string of the molecule is Cc1nn(CCc2ccncc2)c(C)c1CCl. The molecule has 0 N–H and O–H groups in total. The summed E-state index contributed by atoms with van der Waals surface area (Å²) in [6.07, 6.45) is 4.60. The van der Waals surface area contributed by atoms with Gasteiger partial charge in [0.05, 0.1) is 11.6 Å². The van der Waals surface area contributed by atoms with Crippen molar-refractivity contribution in [2.75, 3.05) is 0 Å². The summed E-state index contributed by atoms with van der Waals surface area (Å²) in [6, 6.07) is 4.07. The molecule has 2 aromatic heterocycles. The molecular weight excluding hydrogens is 234 g/mol. The first kappa shape index (κ1) is 12.1. The number of hydrogen-bond acceptors (Lipinski definition) is 2. The standard InChI is InChI=1S/C13H16ClN3/c1-10-13(9-14)11(2)17(16-10)8-5-12-3-6-15-7-4-12/h3-4,6-7H,5,8-9H2,1-2H3. The Bertz CT molecular complexity index is 491. The normalized spacial score (nSPS) is 10.8. The molecule has 0 bridgehead atoms. The summed E-state index contributed by atoms with van der Waals surface area (Å²) in [5.74, 6) is 0.535. The molecule has 2 aromatic rings. The number of halogens is 1. The van der Waals surface area contributed by atoms with Crippen LogP contribution in [-0.4, -0.2) is 14.8 Å². The van der Waals surface area contributed by atoms with Gasteiger partial charge >= 0.3 is 0 Å². The van der Waals surface area contributed by atoms with Crippen LogP contribution in [0.4, 0.5) is 0 Å². The monoisotopic (exact) mass is 249 g/mol. The maximum atomic E-state index is 5.91. The molecule has 0 amide bonds. The number of aryl methyl sites for hydroxylation is 3. The Morgan fingerprint density at radius 3 is 2.53 bits per heavy atom. The average Bonchev–Trinajstić information content (AvgIpc) is 2.63. The van der Waals surface area contributed by atoms with Crippen molar-refractivity contribution in [2.45, 2.75) is 32.7 Å². The lowest BCUT2D eigenvalue weighted by Crippen LogP contribution is -2.05. The molecule has 0 aliphatic heterocycles. The van der Waals surface area contributed by atoms with Gasteiger partial charge in [0.2, 0.25) is 0 Å². The van der Waals surface area contributed by atoms with E-state index in [-0.39, 0.29) is 0 Å². The fourth-order valence-electron chi connectivity index (χ4n) is 1.93. The molecule has 2 heterocycles. The quantitative estimate of drug-likeness (QED) is 0.780. The second-order valence-corrected chi connectivity index (χ2v) is 4.38. The minimum absolute atomic E-state index is 0.535. The third kappa shape index (κ3) is 2.67. The lowest BCUT2D eigenvalue weighted by Gasteiger charge is -2.04. The van der Waals surface area contributed by atoms with Gasteiger partial charge in [-0.2, -0.15) is 5.10 Å². The van der Waals surface area contributed by atoms with Crippen LogP contribution in [0.5, 0.6) is 0 Å². The van der Waals surface area contributed by atoms with Gasteiger partial charge in [0.15, 0.2) is 0 Å². The molecule has 17 heavy (non-hydrogen) atoms. The number of hydrogen-bond donors (Lipinski definition) is 0. The Balaban J connectivity index is 2.10. The molecule has 0 radical (unpaired) electrons. The molecule has 3 nitrogen and oxygen atoms in total. The summed E-state index contributed by atoms with van der Waals surface area (Å²) in [5, 5.41) is 4.51. The van der Waals surface area contributed by atoms with Crippen molar-refractivity contribution >= 4 is 11.6 Å². The second kappa shape index (κ2) is 5.32. The van der Waals surface area contributed by atoms with Crippen molar-refractivity contribution in [1.29, 1.82) is 0 Å². The van der Waals surface area contributed by atoms with Gasteiger partial charge < -0.3 is 0 Å². The summed E-state index contributed by atoms with van der Waals surface area (Å²) in [5.41, 5.74) is 4.64. The molecule has 2 rings (SSSR count). The predicted molar refractivity (Wildman–Crippen MR) is 69.2 cm³/mol. The van der Waals surface area contributed by atoms with E-state index in [1.165, 1.54) is 11.3 Å². The smallest absolute Gasteiger partial charge is 0.0640 e. The van der Waals surface area contributed by atoms with E-state index in [9.17, 15) is 0 Å². The van der Waals surface area contributed by atoms with Crippen molar-refractivity contribution in [2.24, 2.45) is 0 Å². The lowest BCUT2D eigenvalue weighted by molar-refractivity contribution is 0.593. The van der Waals surface area contributed by atoms with E-state index in [2.05, 4.69) is 17.0 Å². The predicted octanol–water partition coefficient (Wildman–Crippen LogP) is 2.88. The van der Waals surface area contributed by atoms with E-state index >= 15 is 0 Å². The maximum absolute atomic E-state index is 5.91. The number of rotatable bonds is 4. The molecule has 0 saturated carbocycles. The number of aromatic nitrogens is 3. The van der Waals surface area contributed by atoms with Crippen LogP contribution in [0.1, 0.15) is 22.5 Å². The van der Waals surface area contributed by atoms with Gasteiger partial charge in [0, 0.05) is 30.2 Å². The van der Waals surface area contributed by atoms with Crippen LogP contribution in [0.3, 0.4) is 0 Å².